The number of fused-ring (bicyclic) bond motifs is 11. The van der Waals surface area contributed by atoms with Gasteiger partial charge in [0.1, 0.15) is 0 Å². The topological polar surface area (TPSA) is 15.8 Å². The van der Waals surface area contributed by atoms with E-state index in [0.717, 1.165) is 4.47 Å². The standard InChI is InChI=1S/C22H10BrNS3/c23-11-6-8-13-15(9-11)25-21-19(13)27-20-17-18(26-22(20)21)14-7-5-10-3-1-2-4-12(10)16(14)24-17/h1-9,24H. The molecule has 4 heterocycles. The maximum Gasteiger partial charge on any atom is 0.0757 e. The first-order chi connectivity index (χ1) is 13.3. The molecule has 0 bridgehead atoms. The van der Waals surface area contributed by atoms with E-state index in [2.05, 4.69) is 75.5 Å². The monoisotopic (exact) mass is 463 g/mol. The van der Waals surface area contributed by atoms with E-state index in [1.54, 1.807) is 0 Å². The van der Waals surface area contributed by atoms with E-state index in [0.29, 0.717) is 0 Å². The van der Waals surface area contributed by atoms with Crippen LogP contribution in [-0.4, -0.2) is 4.98 Å². The van der Waals surface area contributed by atoms with E-state index in [1.165, 1.54) is 60.8 Å². The van der Waals surface area contributed by atoms with E-state index < -0.39 is 0 Å². The Hall–Kier alpha value is -1.92. The molecule has 0 saturated heterocycles. The minimum absolute atomic E-state index is 1.15. The van der Waals surface area contributed by atoms with Crippen LogP contribution >= 0.6 is 49.9 Å². The highest BCUT2D eigenvalue weighted by Crippen LogP contribution is 2.51. The Bertz CT molecular complexity index is 1690. The van der Waals surface area contributed by atoms with Gasteiger partial charge in [-0.2, -0.15) is 0 Å². The van der Waals surface area contributed by atoms with Crippen molar-refractivity contribution >= 4 is 111 Å². The molecule has 0 aliphatic carbocycles. The number of aromatic nitrogens is 1. The summed E-state index contributed by atoms with van der Waals surface area (Å²) in [7, 11) is 0. The second-order valence-corrected chi connectivity index (χ2v) is 10.8. The van der Waals surface area contributed by atoms with Gasteiger partial charge in [0.15, 0.2) is 0 Å². The molecule has 27 heavy (non-hydrogen) atoms. The maximum atomic E-state index is 3.77. The Morgan fingerprint density at radius 1 is 0.630 bits per heavy atom. The van der Waals surface area contributed by atoms with Crippen LogP contribution in [0.2, 0.25) is 0 Å². The smallest absolute Gasteiger partial charge is 0.0757 e. The molecule has 1 N–H and O–H groups in total. The summed E-state index contributed by atoms with van der Waals surface area (Å²) in [4.78, 5) is 3.77. The number of hydrogen-bond acceptors (Lipinski definition) is 3. The number of hydrogen-bond donors (Lipinski definition) is 1. The molecular weight excluding hydrogens is 454 g/mol. The molecule has 0 radical (unpaired) electrons. The van der Waals surface area contributed by atoms with Gasteiger partial charge < -0.3 is 4.98 Å². The Labute approximate surface area is 174 Å². The van der Waals surface area contributed by atoms with Crippen LogP contribution in [0.4, 0.5) is 0 Å². The van der Waals surface area contributed by atoms with Crippen LogP contribution in [0.15, 0.2) is 59.1 Å². The van der Waals surface area contributed by atoms with E-state index in [1.807, 2.05) is 34.0 Å². The zero-order valence-corrected chi connectivity index (χ0v) is 17.8. The van der Waals surface area contributed by atoms with Crippen LogP contribution in [0.1, 0.15) is 0 Å². The highest BCUT2D eigenvalue weighted by molar-refractivity contribution is 9.10. The summed E-state index contributed by atoms with van der Waals surface area (Å²) < 4.78 is 9.60. The van der Waals surface area contributed by atoms with Crippen molar-refractivity contribution < 1.29 is 0 Å². The van der Waals surface area contributed by atoms with Crippen LogP contribution in [0.3, 0.4) is 0 Å². The van der Waals surface area contributed by atoms with Gasteiger partial charge in [-0.25, -0.2) is 0 Å². The maximum absolute atomic E-state index is 3.77. The summed E-state index contributed by atoms with van der Waals surface area (Å²) in [6, 6.07) is 19.8. The molecule has 0 unspecified atom stereocenters. The zero-order chi connectivity index (χ0) is 17.7. The van der Waals surface area contributed by atoms with Crippen molar-refractivity contribution in [3.05, 3.63) is 59.1 Å². The second kappa shape index (κ2) is 5.11. The number of thiophene rings is 3. The van der Waals surface area contributed by atoms with Crippen molar-refractivity contribution in [3.63, 3.8) is 0 Å². The molecule has 0 aliphatic heterocycles. The summed E-state index contributed by atoms with van der Waals surface area (Å²) in [5, 5.41) is 5.31. The van der Waals surface area contributed by atoms with Gasteiger partial charge in [-0.05, 0) is 17.5 Å². The van der Waals surface area contributed by atoms with E-state index in [-0.39, 0.29) is 0 Å². The van der Waals surface area contributed by atoms with Crippen molar-refractivity contribution in [2.45, 2.75) is 0 Å². The van der Waals surface area contributed by atoms with Crippen molar-refractivity contribution in [2.24, 2.45) is 0 Å². The van der Waals surface area contributed by atoms with Crippen molar-refractivity contribution in [2.75, 3.05) is 0 Å². The van der Waals surface area contributed by atoms with Gasteiger partial charge >= 0.3 is 0 Å². The number of rotatable bonds is 0. The number of benzene rings is 3. The molecule has 5 heteroatoms. The minimum Gasteiger partial charge on any atom is -0.352 e. The van der Waals surface area contributed by atoms with Gasteiger partial charge in [-0.1, -0.05) is 58.4 Å². The number of halogens is 1. The predicted molar refractivity (Wildman–Crippen MR) is 127 cm³/mol. The van der Waals surface area contributed by atoms with Crippen LogP contribution < -0.4 is 0 Å². The van der Waals surface area contributed by atoms with Crippen LogP contribution in [0.5, 0.6) is 0 Å². The third kappa shape index (κ3) is 1.88. The summed E-state index contributed by atoms with van der Waals surface area (Å²) >= 11 is 9.39. The largest absolute Gasteiger partial charge is 0.352 e. The first-order valence-corrected chi connectivity index (χ1v) is 11.9. The predicted octanol–water partition coefficient (Wildman–Crippen LogP) is 8.88. The summed E-state index contributed by atoms with van der Waals surface area (Å²) in [6.45, 7) is 0. The van der Waals surface area contributed by atoms with Gasteiger partial charge in [0.2, 0.25) is 0 Å². The molecule has 128 valence electrons. The Morgan fingerprint density at radius 2 is 1.44 bits per heavy atom. The second-order valence-electron chi connectivity index (χ2n) is 6.80. The van der Waals surface area contributed by atoms with Crippen molar-refractivity contribution in [1.29, 1.82) is 0 Å². The van der Waals surface area contributed by atoms with E-state index in [4.69, 9.17) is 0 Å². The molecule has 0 amide bonds. The molecule has 0 atom stereocenters. The van der Waals surface area contributed by atoms with Crippen molar-refractivity contribution in [1.82, 2.24) is 4.98 Å². The Balaban J connectivity index is 1.66. The first-order valence-electron chi connectivity index (χ1n) is 8.64. The molecule has 0 aliphatic rings. The normalized spacial score (nSPS) is 12.6. The number of nitrogens with one attached hydrogen (secondary N) is 1. The molecule has 0 saturated carbocycles. The first kappa shape index (κ1) is 15.1. The number of aromatic amines is 1. The van der Waals surface area contributed by atoms with Gasteiger partial charge in [0.05, 0.1) is 34.5 Å². The molecule has 3 aromatic carbocycles. The lowest BCUT2D eigenvalue weighted by atomic mass is 10.1. The fraction of sp³-hybridized carbons (Fsp3) is 0. The molecule has 7 rings (SSSR count). The Morgan fingerprint density at radius 3 is 2.41 bits per heavy atom. The van der Waals surface area contributed by atoms with Crippen LogP contribution in [-0.2, 0) is 0 Å². The van der Waals surface area contributed by atoms with Crippen LogP contribution in [0.25, 0.3) is 60.8 Å². The lowest BCUT2D eigenvalue weighted by Crippen LogP contribution is -1.74. The quantitative estimate of drug-likeness (QED) is 0.231. The number of H-pyrrole nitrogens is 1. The van der Waals surface area contributed by atoms with Gasteiger partial charge in [0, 0.05) is 25.3 Å². The zero-order valence-electron chi connectivity index (χ0n) is 13.8. The van der Waals surface area contributed by atoms with E-state index >= 15 is 0 Å². The molecule has 4 aromatic heterocycles. The highest BCUT2D eigenvalue weighted by Gasteiger charge is 2.19. The van der Waals surface area contributed by atoms with Gasteiger partial charge in [-0.15, -0.1) is 34.0 Å². The highest BCUT2D eigenvalue weighted by atomic mass is 79.9. The Kier molecular flexibility index (Phi) is 2.85. The summed E-state index contributed by atoms with van der Waals surface area (Å²) in [5.74, 6) is 0. The fourth-order valence-corrected chi connectivity index (χ4v) is 8.96. The average molecular weight is 464 g/mol. The molecule has 0 fully saturated rings. The minimum atomic E-state index is 1.15. The fourth-order valence-electron chi connectivity index (χ4n) is 4.09. The third-order valence-electron chi connectivity index (χ3n) is 5.31. The summed E-state index contributed by atoms with van der Waals surface area (Å²) in [5.41, 5.74) is 2.57. The summed E-state index contributed by atoms with van der Waals surface area (Å²) in [6.07, 6.45) is 0. The van der Waals surface area contributed by atoms with Gasteiger partial charge in [0.25, 0.3) is 0 Å². The molecule has 0 spiro atoms. The molecule has 1 nitrogen and oxygen atoms in total. The van der Waals surface area contributed by atoms with Crippen LogP contribution in [0, 0.1) is 0 Å². The molecular formula is C22H10BrNS3. The van der Waals surface area contributed by atoms with Gasteiger partial charge in [-0.3, -0.25) is 0 Å². The third-order valence-corrected chi connectivity index (χ3v) is 9.84. The average Bonchev–Trinajstić information content (AvgIpc) is 3.38. The lowest BCUT2D eigenvalue weighted by Gasteiger charge is -1.98. The SMILES string of the molecule is Brc1ccc2c(c1)sc1c2sc2c3[nH]c4c5ccccc5ccc4c3sc21. The lowest BCUT2D eigenvalue weighted by molar-refractivity contribution is 1.59. The molecule has 7 aromatic rings. The van der Waals surface area contributed by atoms with E-state index in [9.17, 15) is 0 Å². The van der Waals surface area contributed by atoms with Crippen molar-refractivity contribution in [3.8, 4) is 0 Å².